The van der Waals surface area contributed by atoms with Crippen LogP contribution in [0.15, 0.2) is 71.6 Å². The van der Waals surface area contributed by atoms with Gasteiger partial charge < -0.3 is 10.1 Å². The first kappa shape index (κ1) is 21.8. The van der Waals surface area contributed by atoms with Crippen LogP contribution < -0.4 is 10.0 Å². The quantitative estimate of drug-likeness (QED) is 0.542. The van der Waals surface area contributed by atoms with Gasteiger partial charge in [-0.1, -0.05) is 41.9 Å². The minimum absolute atomic E-state index is 0.0301. The number of rotatable bonds is 7. The van der Waals surface area contributed by atoms with Crippen molar-refractivity contribution in [3.05, 3.63) is 71.8 Å². The zero-order chi connectivity index (χ0) is 21.7. The van der Waals surface area contributed by atoms with Crippen LogP contribution >= 0.6 is 11.6 Å². The van der Waals surface area contributed by atoms with E-state index in [0.717, 1.165) is 10.8 Å². The van der Waals surface area contributed by atoms with E-state index in [9.17, 15) is 18.0 Å². The molecule has 0 fully saturated rings. The van der Waals surface area contributed by atoms with Crippen LogP contribution in [-0.2, 0) is 24.3 Å². The highest BCUT2D eigenvalue weighted by molar-refractivity contribution is 7.89. The molecule has 0 spiro atoms. The van der Waals surface area contributed by atoms with Crippen molar-refractivity contribution in [2.45, 2.75) is 17.9 Å². The summed E-state index contributed by atoms with van der Waals surface area (Å²) in [7, 11) is -3.92. The fourth-order valence-electron chi connectivity index (χ4n) is 2.64. The van der Waals surface area contributed by atoms with Crippen molar-refractivity contribution >= 4 is 50.0 Å². The number of hydrogen-bond acceptors (Lipinski definition) is 5. The van der Waals surface area contributed by atoms with Crippen LogP contribution in [0.2, 0.25) is 5.02 Å². The van der Waals surface area contributed by atoms with Crippen LogP contribution in [0, 0.1) is 0 Å². The molecule has 0 aromatic heterocycles. The first-order valence-corrected chi connectivity index (χ1v) is 10.8. The number of benzene rings is 3. The van der Waals surface area contributed by atoms with E-state index in [4.69, 9.17) is 16.3 Å². The maximum absolute atomic E-state index is 12.5. The molecule has 3 rings (SSSR count). The van der Waals surface area contributed by atoms with Crippen molar-refractivity contribution in [1.82, 2.24) is 4.72 Å². The van der Waals surface area contributed by atoms with Crippen LogP contribution in [0.25, 0.3) is 10.8 Å². The molecule has 7 nitrogen and oxygen atoms in total. The Labute approximate surface area is 179 Å². The van der Waals surface area contributed by atoms with E-state index < -0.39 is 34.5 Å². The molecular formula is C21H19ClN2O5S. The number of esters is 1. The lowest BCUT2D eigenvalue weighted by Crippen LogP contribution is -2.35. The van der Waals surface area contributed by atoms with Gasteiger partial charge in [-0.3, -0.25) is 9.59 Å². The maximum atomic E-state index is 12.5. The highest BCUT2D eigenvalue weighted by Gasteiger charge is 2.21. The summed E-state index contributed by atoms with van der Waals surface area (Å²) < 4.78 is 32.1. The number of ether oxygens (including phenoxy) is 1. The van der Waals surface area contributed by atoms with Crippen molar-refractivity contribution in [2.75, 3.05) is 11.9 Å². The van der Waals surface area contributed by atoms with Gasteiger partial charge in [0.15, 0.2) is 6.10 Å². The second-order valence-corrected chi connectivity index (χ2v) is 8.67. The fourth-order valence-corrected chi connectivity index (χ4v) is 3.77. The molecule has 1 amide bonds. The highest BCUT2D eigenvalue weighted by Crippen LogP contribution is 2.19. The smallest absolute Gasteiger partial charge is 0.321 e. The second kappa shape index (κ2) is 9.25. The minimum Gasteiger partial charge on any atom is -0.452 e. The van der Waals surface area contributed by atoms with Gasteiger partial charge in [0.25, 0.3) is 5.91 Å². The summed E-state index contributed by atoms with van der Waals surface area (Å²) in [6.07, 6.45) is -1.11. The van der Waals surface area contributed by atoms with E-state index in [1.165, 1.54) is 19.1 Å². The maximum Gasteiger partial charge on any atom is 0.321 e. The molecule has 0 unspecified atom stereocenters. The third kappa shape index (κ3) is 5.56. The van der Waals surface area contributed by atoms with Crippen LogP contribution in [0.5, 0.6) is 0 Å². The first-order valence-electron chi connectivity index (χ1n) is 8.99. The number of sulfonamides is 1. The Bertz CT molecular complexity index is 1180. The molecule has 156 valence electrons. The summed E-state index contributed by atoms with van der Waals surface area (Å²) >= 11 is 5.79. The Kier molecular flexibility index (Phi) is 6.71. The highest BCUT2D eigenvalue weighted by atomic mass is 35.5. The number of halogens is 1. The van der Waals surface area contributed by atoms with E-state index in [0.29, 0.717) is 10.7 Å². The third-order valence-corrected chi connectivity index (χ3v) is 5.88. The molecule has 2 N–H and O–H groups in total. The number of amides is 1. The Balaban J connectivity index is 1.55. The molecule has 0 saturated carbocycles. The number of anilines is 1. The zero-order valence-corrected chi connectivity index (χ0v) is 17.5. The Morgan fingerprint density at radius 1 is 1.00 bits per heavy atom. The molecule has 0 aliphatic rings. The Morgan fingerprint density at radius 2 is 1.67 bits per heavy atom. The third-order valence-electron chi connectivity index (χ3n) is 4.23. The minimum atomic E-state index is -3.92. The van der Waals surface area contributed by atoms with E-state index >= 15 is 0 Å². The standard InChI is InChI=1S/C21H19ClN2O5S/c1-14(21(26)24-18-9-7-17(22)8-10-18)29-20(25)13-23-30(27,28)19-11-6-15-4-2-3-5-16(15)12-19/h2-12,14,23H,13H2,1H3,(H,24,26)/t14-/m0/s1. The Hall–Kier alpha value is -2.94. The predicted octanol–water partition coefficient (Wildman–Crippen LogP) is 3.34. The van der Waals surface area contributed by atoms with Gasteiger partial charge in [0.2, 0.25) is 10.0 Å². The molecule has 9 heteroatoms. The summed E-state index contributed by atoms with van der Waals surface area (Å²) in [5, 5.41) is 4.75. The number of hydrogen-bond donors (Lipinski definition) is 2. The molecule has 0 heterocycles. The van der Waals surface area contributed by atoms with Gasteiger partial charge in [-0.2, -0.15) is 4.72 Å². The molecule has 0 aliphatic heterocycles. The average Bonchev–Trinajstić information content (AvgIpc) is 2.73. The molecular weight excluding hydrogens is 428 g/mol. The van der Waals surface area contributed by atoms with Crippen molar-refractivity contribution in [3.8, 4) is 0 Å². The monoisotopic (exact) mass is 446 g/mol. The number of fused-ring (bicyclic) bond motifs is 1. The molecule has 3 aromatic carbocycles. The Morgan fingerprint density at radius 3 is 2.37 bits per heavy atom. The van der Waals surface area contributed by atoms with Gasteiger partial charge >= 0.3 is 5.97 Å². The molecule has 0 radical (unpaired) electrons. The van der Waals surface area contributed by atoms with Gasteiger partial charge in [-0.15, -0.1) is 0 Å². The van der Waals surface area contributed by atoms with E-state index in [-0.39, 0.29) is 4.90 Å². The normalized spacial score (nSPS) is 12.3. The van der Waals surface area contributed by atoms with Gasteiger partial charge in [-0.25, -0.2) is 8.42 Å². The van der Waals surface area contributed by atoms with Crippen molar-refractivity contribution in [2.24, 2.45) is 0 Å². The van der Waals surface area contributed by atoms with Gasteiger partial charge in [0.1, 0.15) is 6.54 Å². The predicted molar refractivity (Wildman–Crippen MR) is 115 cm³/mol. The lowest BCUT2D eigenvalue weighted by molar-refractivity contribution is -0.151. The van der Waals surface area contributed by atoms with Gasteiger partial charge in [-0.05, 0) is 54.1 Å². The summed E-state index contributed by atoms with van der Waals surface area (Å²) in [4.78, 5) is 24.1. The number of nitrogens with one attached hydrogen (secondary N) is 2. The van der Waals surface area contributed by atoms with Crippen molar-refractivity contribution in [3.63, 3.8) is 0 Å². The van der Waals surface area contributed by atoms with Crippen molar-refractivity contribution < 1.29 is 22.7 Å². The average molecular weight is 447 g/mol. The summed E-state index contributed by atoms with van der Waals surface area (Å²) in [5.41, 5.74) is 0.490. The van der Waals surface area contributed by atoms with Crippen LogP contribution in [0.1, 0.15) is 6.92 Å². The lowest BCUT2D eigenvalue weighted by Gasteiger charge is -2.14. The van der Waals surface area contributed by atoms with Crippen LogP contribution in [-0.4, -0.2) is 32.9 Å². The first-order chi connectivity index (χ1) is 14.2. The topological polar surface area (TPSA) is 102 Å². The lowest BCUT2D eigenvalue weighted by atomic mass is 10.1. The van der Waals surface area contributed by atoms with Crippen LogP contribution in [0.3, 0.4) is 0 Å². The summed E-state index contributed by atoms with van der Waals surface area (Å²) in [6, 6.07) is 18.4. The van der Waals surface area contributed by atoms with E-state index in [2.05, 4.69) is 10.0 Å². The fraction of sp³-hybridized carbons (Fsp3) is 0.143. The molecule has 0 aliphatic carbocycles. The number of carbonyl (C=O) groups is 2. The molecule has 3 aromatic rings. The summed E-state index contributed by atoms with van der Waals surface area (Å²) in [6.45, 7) is 0.786. The molecule has 0 saturated heterocycles. The largest absolute Gasteiger partial charge is 0.452 e. The van der Waals surface area contributed by atoms with E-state index in [1.54, 1.807) is 42.5 Å². The molecule has 0 bridgehead atoms. The summed E-state index contributed by atoms with van der Waals surface area (Å²) in [5.74, 6) is -1.43. The van der Waals surface area contributed by atoms with Crippen molar-refractivity contribution in [1.29, 1.82) is 0 Å². The zero-order valence-electron chi connectivity index (χ0n) is 16.0. The SMILES string of the molecule is C[C@H](OC(=O)CNS(=O)(=O)c1ccc2ccccc2c1)C(=O)Nc1ccc(Cl)cc1. The number of carbonyl (C=O) groups excluding carboxylic acids is 2. The van der Waals surface area contributed by atoms with Gasteiger partial charge in [0.05, 0.1) is 4.90 Å². The van der Waals surface area contributed by atoms with E-state index in [1.807, 2.05) is 12.1 Å². The second-order valence-electron chi connectivity index (χ2n) is 6.46. The molecule has 30 heavy (non-hydrogen) atoms. The van der Waals surface area contributed by atoms with Crippen LogP contribution in [0.4, 0.5) is 5.69 Å². The van der Waals surface area contributed by atoms with Gasteiger partial charge in [0, 0.05) is 10.7 Å². The molecule has 1 atom stereocenters.